The first kappa shape index (κ1) is 25.5. The number of rotatable bonds is 6. The summed E-state index contributed by atoms with van der Waals surface area (Å²) in [6.07, 6.45) is 3.35. The second-order valence-electron chi connectivity index (χ2n) is 8.85. The standard InChI is InChI=1S/C28H24F2N4O3/c1-28(19-35)17-25(36)34(27(37)33(28)14-13-32(2)22-9-6-12-31-18-22)26-23(29)15-21(16-24(26)30)11-10-20-7-4-3-5-8-20/h3-9,12,15-16,18-19H,13-14,17H2,1-2H3. The van der Waals surface area contributed by atoms with E-state index in [9.17, 15) is 14.4 Å². The van der Waals surface area contributed by atoms with E-state index in [1.807, 2.05) is 17.0 Å². The average Bonchev–Trinajstić information content (AvgIpc) is 2.89. The zero-order valence-corrected chi connectivity index (χ0v) is 20.3. The van der Waals surface area contributed by atoms with Gasteiger partial charge in [0.05, 0.1) is 18.3 Å². The Morgan fingerprint density at radius 1 is 1.05 bits per heavy atom. The van der Waals surface area contributed by atoms with Crippen LogP contribution in [0.5, 0.6) is 0 Å². The number of hydrogen-bond donors (Lipinski definition) is 0. The van der Waals surface area contributed by atoms with Gasteiger partial charge in [-0.05, 0) is 43.3 Å². The van der Waals surface area contributed by atoms with Crippen LogP contribution < -0.4 is 9.80 Å². The summed E-state index contributed by atoms with van der Waals surface area (Å²) in [4.78, 5) is 45.8. The first-order valence-electron chi connectivity index (χ1n) is 11.5. The van der Waals surface area contributed by atoms with Crippen molar-refractivity contribution in [3.8, 4) is 11.8 Å². The number of nitrogens with zero attached hydrogens (tertiary/aromatic N) is 4. The summed E-state index contributed by atoms with van der Waals surface area (Å²) >= 11 is 0. The SMILES string of the molecule is CN(CCN1C(=O)N(c2c(F)cc(C#Cc3ccccc3)cc2F)C(=O)CC1(C)C=O)c1cccnc1. The van der Waals surface area contributed by atoms with Crippen LogP contribution in [0.3, 0.4) is 0 Å². The van der Waals surface area contributed by atoms with Crippen molar-refractivity contribution in [2.75, 3.05) is 29.9 Å². The fourth-order valence-electron chi connectivity index (χ4n) is 4.08. The van der Waals surface area contributed by atoms with Gasteiger partial charge in [0.2, 0.25) is 5.91 Å². The third-order valence-corrected chi connectivity index (χ3v) is 6.16. The number of carbonyl (C=O) groups excluding carboxylic acids is 3. The number of anilines is 2. The highest BCUT2D eigenvalue weighted by Gasteiger charge is 2.48. The summed E-state index contributed by atoms with van der Waals surface area (Å²) < 4.78 is 30.3. The topological polar surface area (TPSA) is 73.8 Å². The van der Waals surface area contributed by atoms with Gasteiger partial charge in [0.1, 0.15) is 17.5 Å². The third kappa shape index (κ3) is 5.33. The number of carbonyl (C=O) groups is 3. The van der Waals surface area contributed by atoms with Gasteiger partial charge in [0.25, 0.3) is 0 Å². The molecular formula is C28H24F2N4O3. The fraction of sp³-hybridized carbons (Fsp3) is 0.214. The first-order valence-corrected chi connectivity index (χ1v) is 11.5. The monoisotopic (exact) mass is 502 g/mol. The molecule has 1 fully saturated rings. The smallest absolute Gasteiger partial charge is 0.332 e. The molecule has 0 saturated carbocycles. The number of aromatic nitrogens is 1. The molecule has 0 bridgehead atoms. The van der Waals surface area contributed by atoms with E-state index in [-0.39, 0.29) is 18.7 Å². The van der Waals surface area contributed by atoms with Crippen LogP contribution in [0.1, 0.15) is 24.5 Å². The molecule has 0 N–H and O–H groups in total. The van der Waals surface area contributed by atoms with E-state index >= 15 is 8.78 Å². The van der Waals surface area contributed by atoms with Crippen molar-refractivity contribution in [3.05, 3.63) is 89.8 Å². The van der Waals surface area contributed by atoms with Crippen LogP contribution in [0.2, 0.25) is 0 Å². The van der Waals surface area contributed by atoms with Gasteiger partial charge in [-0.1, -0.05) is 30.0 Å². The summed E-state index contributed by atoms with van der Waals surface area (Å²) in [7, 11) is 1.78. The molecule has 3 aromatic rings. The van der Waals surface area contributed by atoms with Crippen molar-refractivity contribution in [2.45, 2.75) is 18.9 Å². The molecule has 0 spiro atoms. The molecular weight excluding hydrogens is 478 g/mol. The maximum atomic E-state index is 15.1. The number of imide groups is 1. The van der Waals surface area contributed by atoms with E-state index in [0.29, 0.717) is 16.7 Å². The Morgan fingerprint density at radius 2 is 1.73 bits per heavy atom. The fourth-order valence-corrected chi connectivity index (χ4v) is 4.08. The van der Waals surface area contributed by atoms with Crippen molar-refractivity contribution in [3.63, 3.8) is 0 Å². The van der Waals surface area contributed by atoms with Gasteiger partial charge in [-0.15, -0.1) is 0 Å². The highest BCUT2D eigenvalue weighted by molar-refractivity contribution is 6.18. The molecule has 7 nitrogen and oxygen atoms in total. The number of likely N-dealkylation sites (N-methyl/N-ethyl adjacent to an activating group) is 1. The van der Waals surface area contributed by atoms with Gasteiger partial charge >= 0.3 is 6.03 Å². The molecule has 37 heavy (non-hydrogen) atoms. The van der Waals surface area contributed by atoms with Crippen molar-refractivity contribution < 1.29 is 23.2 Å². The zero-order valence-electron chi connectivity index (χ0n) is 20.3. The number of pyridine rings is 1. The molecule has 4 rings (SSSR count). The molecule has 0 radical (unpaired) electrons. The Balaban J connectivity index is 1.62. The minimum Gasteiger partial charge on any atom is -0.372 e. The highest BCUT2D eigenvalue weighted by atomic mass is 19.1. The molecule has 0 aliphatic carbocycles. The van der Waals surface area contributed by atoms with Gasteiger partial charge in [-0.3, -0.25) is 9.78 Å². The van der Waals surface area contributed by atoms with Crippen molar-refractivity contribution in [1.82, 2.24) is 9.88 Å². The number of amides is 3. The van der Waals surface area contributed by atoms with Crippen LogP contribution in [-0.4, -0.2) is 53.8 Å². The van der Waals surface area contributed by atoms with Gasteiger partial charge < -0.3 is 14.6 Å². The van der Waals surface area contributed by atoms with Crippen LogP contribution in [-0.2, 0) is 9.59 Å². The summed E-state index contributed by atoms with van der Waals surface area (Å²) in [5.74, 6) is 2.40. The lowest BCUT2D eigenvalue weighted by Gasteiger charge is -2.44. The van der Waals surface area contributed by atoms with E-state index in [0.717, 1.165) is 22.7 Å². The zero-order chi connectivity index (χ0) is 26.6. The minimum atomic E-state index is -1.46. The van der Waals surface area contributed by atoms with E-state index in [4.69, 9.17) is 0 Å². The number of halogens is 2. The van der Waals surface area contributed by atoms with Gasteiger partial charge in [-0.2, -0.15) is 0 Å². The first-order chi connectivity index (χ1) is 17.7. The molecule has 3 amide bonds. The molecule has 2 aromatic carbocycles. The Morgan fingerprint density at radius 3 is 2.35 bits per heavy atom. The number of aldehydes is 1. The summed E-state index contributed by atoms with van der Waals surface area (Å²) in [5, 5.41) is 0. The van der Waals surface area contributed by atoms with Crippen LogP contribution in [0, 0.1) is 23.5 Å². The van der Waals surface area contributed by atoms with Gasteiger partial charge in [-0.25, -0.2) is 18.5 Å². The van der Waals surface area contributed by atoms with Crippen molar-refractivity contribution in [1.29, 1.82) is 0 Å². The van der Waals surface area contributed by atoms with Crippen LogP contribution >= 0.6 is 0 Å². The lowest BCUT2D eigenvalue weighted by molar-refractivity contribution is -0.128. The Kier molecular flexibility index (Phi) is 7.30. The van der Waals surface area contributed by atoms with E-state index in [2.05, 4.69) is 16.8 Å². The summed E-state index contributed by atoms with van der Waals surface area (Å²) in [5.41, 5.74) is -0.772. The molecule has 1 aromatic heterocycles. The third-order valence-electron chi connectivity index (χ3n) is 6.16. The van der Waals surface area contributed by atoms with Gasteiger partial charge in [0.15, 0.2) is 11.6 Å². The normalized spacial score (nSPS) is 17.3. The Hall–Kier alpha value is -4.58. The second kappa shape index (κ2) is 10.6. The molecule has 1 unspecified atom stereocenters. The Labute approximate surface area is 213 Å². The van der Waals surface area contributed by atoms with E-state index in [1.54, 1.807) is 49.8 Å². The molecule has 1 saturated heterocycles. The Bertz CT molecular complexity index is 1370. The van der Waals surface area contributed by atoms with Gasteiger partial charge in [0, 0.05) is 37.5 Å². The summed E-state index contributed by atoms with van der Waals surface area (Å²) in [6.45, 7) is 1.75. The number of urea groups is 1. The number of benzene rings is 2. The second-order valence-corrected chi connectivity index (χ2v) is 8.85. The van der Waals surface area contributed by atoms with Crippen LogP contribution in [0.15, 0.2) is 67.0 Å². The highest BCUT2D eigenvalue weighted by Crippen LogP contribution is 2.33. The largest absolute Gasteiger partial charge is 0.372 e. The van der Waals surface area contributed by atoms with E-state index < -0.39 is 41.2 Å². The lowest BCUT2D eigenvalue weighted by Crippen LogP contribution is -2.65. The molecule has 1 atom stereocenters. The number of hydrogen-bond acceptors (Lipinski definition) is 5. The van der Waals surface area contributed by atoms with Crippen molar-refractivity contribution >= 4 is 29.6 Å². The van der Waals surface area contributed by atoms with E-state index in [1.165, 1.54) is 6.92 Å². The molecule has 1 aliphatic rings. The lowest BCUT2D eigenvalue weighted by atomic mass is 9.93. The molecule has 2 heterocycles. The summed E-state index contributed by atoms with van der Waals surface area (Å²) in [6, 6.07) is 13.5. The maximum Gasteiger partial charge on any atom is 0.332 e. The predicted molar refractivity (Wildman–Crippen MR) is 135 cm³/mol. The van der Waals surface area contributed by atoms with Crippen LogP contribution in [0.4, 0.5) is 25.0 Å². The van der Waals surface area contributed by atoms with Crippen LogP contribution in [0.25, 0.3) is 0 Å². The minimum absolute atomic E-state index is 0.0210. The molecule has 9 heteroatoms. The maximum absolute atomic E-state index is 15.1. The quantitative estimate of drug-likeness (QED) is 0.376. The molecule has 188 valence electrons. The predicted octanol–water partition coefficient (Wildman–Crippen LogP) is 4.01. The average molecular weight is 503 g/mol. The molecule has 1 aliphatic heterocycles. The van der Waals surface area contributed by atoms with Crippen molar-refractivity contribution in [2.24, 2.45) is 0 Å².